The van der Waals surface area contributed by atoms with Crippen LogP contribution in [0, 0.1) is 0 Å². The van der Waals surface area contributed by atoms with Gasteiger partial charge in [-0.25, -0.2) is 0 Å². The second-order valence-corrected chi connectivity index (χ2v) is 11.0. The highest BCUT2D eigenvalue weighted by Crippen LogP contribution is 2.40. The molecule has 5 heteroatoms. The first-order valence-corrected chi connectivity index (χ1v) is 13.7. The molecule has 0 saturated carbocycles. The van der Waals surface area contributed by atoms with Crippen molar-refractivity contribution in [2.75, 3.05) is 0 Å². The van der Waals surface area contributed by atoms with Gasteiger partial charge >= 0.3 is 8.10 Å². The van der Waals surface area contributed by atoms with Crippen LogP contribution < -0.4 is 0 Å². The van der Waals surface area contributed by atoms with E-state index in [1.807, 2.05) is 54.6 Å². The zero-order valence-electron chi connectivity index (χ0n) is 20.6. The zero-order chi connectivity index (χ0) is 24.7. The summed E-state index contributed by atoms with van der Waals surface area (Å²) in [6.07, 6.45) is 0.507. The summed E-state index contributed by atoms with van der Waals surface area (Å²) in [7, 11) is -1.83. The molecule has 0 radical (unpaired) electrons. The number of ether oxygens (including phenoxy) is 1. The second-order valence-electron chi connectivity index (χ2n) is 9.36. The van der Waals surface area contributed by atoms with Crippen molar-refractivity contribution in [3.63, 3.8) is 0 Å². The Morgan fingerprint density at radius 1 is 0.583 bits per heavy atom. The molecule has 0 N–H and O–H groups in total. The first kappa shape index (κ1) is 24.5. The minimum atomic E-state index is -1.83. The fourth-order valence-electron chi connectivity index (χ4n) is 4.47. The minimum absolute atomic E-state index is 0.211. The lowest BCUT2D eigenvalue weighted by atomic mass is 10.1. The number of epoxide rings is 1. The summed E-state index contributed by atoms with van der Waals surface area (Å²) in [5, 5.41) is 0. The summed E-state index contributed by atoms with van der Waals surface area (Å²) in [4.78, 5) is 0. The van der Waals surface area contributed by atoms with Crippen LogP contribution in [0.5, 0.6) is 0 Å². The Morgan fingerprint density at radius 3 is 1.25 bits per heavy atom. The van der Waals surface area contributed by atoms with Crippen LogP contribution in [-0.4, -0.2) is 15.4 Å². The molecule has 1 saturated heterocycles. The third-order valence-electron chi connectivity index (χ3n) is 6.49. The maximum atomic E-state index is 14.3. The molecule has 3 atom stereocenters. The summed E-state index contributed by atoms with van der Waals surface area (Å²) in [5.41, 5.74) is 5.81. The van der Waals surface area contributed by atoms with Crippen molar-refractivity contribution in [1.82, 2.24) is 9.34 Å². The van der Waals surface area contributed by atoms with Crippen molar-refractivity contribution in [2.24, 2.45) is 0 Å². The molecule has 5 rings (SSSR count). The highest BCUT2D eigenvalue weighted by Gasteiger charge is 2.38. The number of rotatable bonds is 11. The highest BCUT2D eigenvalue weighted by atomic mass is 31.1. The number of benzene rings is 4. The summed E-state index contributed by atoms with van der Waals surface area (Å²) in [5.74, 6) is 0. The van der Waals surface area contributed by atoms with E-state index in [0.29, 0.717) is 32.3 Å². The van der Waals surface area contributed by atoms with E-state index in [4.69, 9.17) is 4.74 Å². The number of hydrogen-bond donors (Lipinski definition) is 0. The fraction of sp³-hybridized carbons (Fsp3) is 0.226. The molecule has 4 nitrogen and oxygen atoms in total. The van der Waals surface area contributed by atoms with Gasteiger partial charge in [0.05, 0.1) is 32.3 Å². The fourth-order valence-corrected chi connectivity index (χ4v) is 5.97. The van der Waals surface area contributed by atoms with Crippen LogP contribution in [0.3, 0.4) is 0 Å². The van der Waals surface area contributed by atoms with Gasteiger partial charge in [0.1, 0.15) is 6.10 Å². The molecule has 1 fully saturated rings. The van der Waals surface area contributed by atoms with Crippen LogP contribution in [0.4, 0.5) is 0 Å². The first-order valence-electron chi connectivity index (χ1n) is 12.5. The molecular formula is C31H32N2O2P+. The molecule has 0 aliphatic carbocycles. The Balaban J connectivity index is 1.40. The average Bonchev–Trinajstić information content (AvgIpc) is 3.66. The van der Waals surface area contributed by atoms with E-state index < -0.39 is 8.10 Å². The Morgan fingerprint density at radius 2 is 0.917 bits per heavy atom. The molecule has 182 valence electrons. The van der Waals surface area contributed by atoms with Gasteiger partial charge in [-0.3, -0.25) is 0 Å². The predicted octanol–water partition coefficient (Wildman–Crippen LogP) is 7.51. The van der Waals surface area contributed by atoms with Gasteiger partial charge in [0, 0.05) is 0 Å². The van der Waals surface area contributed by atoms with Crippen LogP contribution in [0.2, 0.25) is 0 Å². The van der Waals surface area contributed by atoms with Crippen molar-refractivity contribution in [3.05, 3.63) is 143 Å². The maximum Gasteiger partial charge on any atom is 0.538 e. The van der Waals surface area contributed by atoms with Crippen molar-refractivity contribution in [2.45, 2.75) is 45.3 Å². The predicted molar refractivity (Wildman–Crippen MR) is 145 cm³/mol. The largest absolute Gasteiger partial charge is 0.538 e. The molecule has 0 bridgehead atoms. The molecule has 1 unspecified atom stereocenters. The standard InChI is InChI=1S/C31H32N2O2P/c1-25-31(35-25)30-19-17-29(18-20-30)24-33(23-28-15-9-4-10-16-28)36(34)32(21-26-11-5-2-6-12-26)22-27-13-7-3-8-14-27/h2-20,25,31H,21-24H2,1H3/q+1/t25-,31-/m1/s1. The Hall–Kier alpha value is -3.14. The van der Waals surface area contributed by atoms with Crippen LogP contribution in [0.25, 0.3) is 0 Å². The van der Waals surface area contributed by atoms with Crippen molar-refractivity contribution < 1.29 is 9.30 Å². The van der Waals surface area contributed by atoms with Gasteiger partial charge in [-0.05, 0) is 39.3 Å². The van der Waals surface area contributed by atoms with Gasteiger partial charge in [0.2, 0.25) is 0 Å². The monoisotopic (exact) mass is 495 g/mol. The Kier molecular flexibility index (Phi) is 8.00. The van der Waals surface area contributed by atoms with E-state index in [0.717, 1.165) is 22.3 Å². The van der Waals surface area contributed by atoms with E-state index in [2.05, 4.69) is 76.9 Å². The van der Waals surface area contributed by atoms with Gasteiger partial charge in [-0.1, -0.05) is 125 Å². The zero-order valence-corrected chi connectivity index (χ0v) is 21.5. The van der Waals surface area contributed by atoms with E-state index in [9.17, 15) is 4.57 Å². The van der Waals surface area contributed by atoms with Crippen LogP contribution >= 0.6 is 8.10 Å². The highest BCUT2D eigenvalue weighted by molar-refractivity contribution is 7.39. The van der Waals surface area contributed by atoms with E-state index >= 15 is 0 Å². The van der Waals surface area contributed by atoms with E-state index in [1.165, 1.54) is 5.56 Å². The summed E-state index contributed by atoms with van der Waals surface area (Å²) >= 11 is 0. The molecule has 1 aliphatic heterocycles. The van der Waals surface area contributed by atoms with Crippen LogP contribution in [-0.2, 0) is 35.5 Å². The summed E-state index contributed by atoms with van der Waals surface area (Å²) in [6, 6.07) is 39.5. The van der Waals surface area contributed by atoms with E-state index in [-0.39, 0.29) is 6.10 Å². The molecule has 0 amide bonds. The van der Waals surface area contributed by atoms with E-state index in [1.54, 1.807) is 0 Å². The lowest BCUT2D eigenvalue weighted by molar-refractivity contribution is 0.333. The van der Waals surface area contributed by atoms with Gasteiger partial charge in [0.15, 0.2) is 0 Å². The molecule has 1 aliphatic rings. The van der Waals surface area contributed by atoms with Crippen molar-refractivity contribution in [3.8, 4) is 0 Å². The Bertz CT molecular complexity index is 1210. The lowest BCUT2D eigenvalue weighted by Gasteiger charge is -2.19. The minimum Gasteiger partial charge on any atom is -0.365 e. The Labute approximate surface area is 215 Å². The summed E-state index contributed by atoms with van der Waals surface area (Å²) in [6.45, 7) is 4.54. The third kappa shape index (κ3) is 6.54. The topological polar surface area (TPSA) is 36.1 Å². The lowest BCUT2D eigenvalue weighted by Crippen LogP contribution is -2.25. The SMILES string of the molecule is C[C@H]1O[C@H]1c1ccc(CN(Cc2ccccc2)[P+](=O)N(Cc2ccccc2)Cc2ccccc2)cc1. The first-order chi connectivity index (χ1) is 17.7. The molecule has 4 aromatic carbocycles. The normalized spacial score (nSPS) is 17.4. The van der Waals surface area contributed by atoms with Crippen molar-refractivity contribution >= 4 is 8.10 Å². The quantitative estimate of drug-likeness (QED) is 0.159. The van der Waals surface area contributed by atoms with Gasteiger partial charge in [0.25, 0.3) is 0 Å². The maximum absolute atomic E-state index is 14.3. The molecule has 0 spiro atoms. The smallest absolute Gasteiger partial charge is 0.365 e. The molecule has 36 heavy (non-hydrogen) atoms. The number of nitrogens with zero attached hydrogens (tertiary/aromatic N) is 2. The van der Waals surface area contributed by atoms with Gasteiger partial charge in [-0.15, -0.1) is 0 Å². The van der Waals surface area contributed by atoms with Gasteiger partial charge in [-0.2, -0.15) is 0 Å². The van der Waals surface area contributed by atoms with Crippen LogP contribution in [0.1, 0.15) is 40.8 Å². The third-order valence-corrected chi connectivity index (χ3v) is 8.03. The number of hydrogen-bond acceptors (Lipinski definition) is 2. The molecular weight excluding hydrogens is 463 g/mol. The molecule has 1 heterocycles. The molecule has 0 aromatic heterocycles. The summed E-state index contributed by atoms with van der Waals surface area (Å²) < 4.78 is 24.1. The van der Waals surface area contributed by atoms with Crippen LogP contribution in [0.15, 0.2) is 115 Å². The second kappa shape index (κ2) is 11.7. The van der Waals surface area contributed by atoms with Crippen molar-refractivity contribution in [1.29, 1.82) is 0 Å². The average molecular weight is 496 g/mol. The van der Waals surface area contributed by atoms with Gasteiger partial charge < -0.3 is 4.74 Å². The molecule has 4 aromatic rings.